The average molecular weight is 244 g/mol. The first-order chi connectivity index (χ1) is 8.76. The molecule has 4 nitrogen and oxygen atoms in total. The number of aromatic amines is 1. The minimum absolute atomic E-state index is 0.280. The fraction of sp³-hybridized carbons (Fsp3) is 0.429. The number of fused-ring (bicyclic) bond motifs is 1. The number of nitrogens with one attached hydrogen (secondary N) is 1. The second-order valence-corrected chi connectivity index (χ2v) is 4.78. The molecule has 0 saturated heterocycles. The normalized spacial score (nSPS) is 14.9. The minimum Gasteiger partial charge on any atom is -0.462 e. The molecule has 1 saturated carbocycles. The van der Waals surface area contributed by atoms with Gasteiger partial charge in [0.05, 0.1) is 23.2 Å². The molecule has 0 atom stereocenters. The molecule has 0 radical (unpaired) electrons. The summed E-state index contributed by atoms with van der Waals surface area (Å²) in [7, 11) is 0. The van der Waals surface area contributed by atoms with Gasteiger partial charge < -0.3 is 9.72 Å². The number of aromatic nitrogens is 2. The summed E-state index contributed by atoms with van der Waals surface area (Å²) >= 11 is 0. The summed E-state index contributed by atoms with van der Waals surface area (Å²) in [6.45, 7) is 2.20. The van der Waals surface area contributed by atoms with Crippen LogP contribution in [0.3, 0.4) is 0 Å². The summed E-state index contributed by atoms with van der Waals surface area (Å²) in [5, 5.41) is 0. The van der Waals surface area contributed by atoms with Crippen molar-refractivity contribution in [2.45, 2.75) is 26.2 Å². The van der Waals surface area contributed by atoms with Gasteiger partial charge in [-0.3, -0.25) is 0 Å². The van der Waals surface area contributed by atoms with Gasteiger partial charge in [0.25, 0.3) is 0 Å². The molecule has 1 aromatic carbocycles. The van der Waals surface area contributed by atoms with E-state index in [1.807, 2.05) is 12.1 Å². The average Bonchev–Trinajstić information content (AvgIpc) is 3.07. The van der Waals surface area contributed by atoms with Gasteiger partial charge in [0, 0.05) is 6.42 Å². The van der Waals surface area contributed by atoms with Gasteiger partial charge in [0.2, 0.25) is 0 Å². The molecule has 0 bridgehead atoms. The number of hydrogen-bond acceptors (Lipinski definition) is 3. The number of hydrogen-bond donors (Lipinski definition) is 1. The minimum atomic E-state index is -0.280. The van der Waals surface area contributed by atoms with Gasteiger partial charge in [-0.1, -0.05) is 0 Å². The third kappa shape index (κ3) is 2.23. The molecular weight excluding hydrogens is 228 g/mol. The lowest BCUT2D eigenvalue weighted by atomic mass is 10.2. The SMILES string of the molecule is CCOC(=O)c1ccc2nc(CC3CC3)[nH]c2c1. The highest BCUT2D eigenvalue weighted by atomic mass is 16.5. The number of carbonyl (C=O) groups excluding carboxylic acids is 1. The van der Waals surface area contributed by atoms with Crippen molar-refractivity contribution in [1.82, 2.24) is 9.97 Å². The molecule has 1 aromatic heterocycles. The Kier molecular flexibility index (Phi) is 2.78. The zero-order valence-corrected chi connectivity index (χ0v) is 10.4. The number of carbonyl (C=O) groups is 1. The summed E-state index contributed by atoms with van der Waals surface area (Å²) in [4.78, 5) is 19.4. The number of ether oxygens (including phenoxy) is 1. The maximum absolute atomic E-state index is 11.6. The molecule has 0 aliphatic heterocycles. The van der Waals surface area contributed by atoms with E-state index in [1.54, 1.807) is 13.0 Å². The second kappa shape index (κ2) is 4.44. The van der Waals surface area contributed by atoms with Crippen molar-refractivity contribution in [2.75, 3.05) is 6.61 Å². The van der Waals surface area contributed by atoms with E-state index in [9.17, 15) is 4.79 Å². The molecule has 1 heterocycles. The van der Waals surface area contributed by atoms with Crippen LogP contribution in [-0.2, 0) is 11.2 Å². The smallest absolute Gasteiger partial charge is 0.338 e. The van der Waals surface area contributed by atoms with Crippen LogP contribution in [-0.4, -0.2) is 22.5 Å². The number of nitrogens with zero attached hydrogens (tertiary/aromatic N) is 1. The van der Waals surface area contributed by atoms with E-state index in [-0.39, 0.29) is 5.97 Å². The van der Waals surface area contributed by atoms with Gasteiger partial charge in [-0.05, 0) is 43.9 Å². The van der Waals surface area contributed by atoms with Crippen LogP contribution < -0.4 is 0 Å². The molecule has 3 rings (SSSR count). The molecule has 94 valence electrons. The third-order valence-electron chi connectivity index (χ3n) is 3.22. The van der Waals surface area contributed by atoms with Crippen molar-refractivity contribution in [1.29, 1.82) is 0 Å². The molecule has 0 amide bonds. The lowest BCUT2D eigenvalue weighted by Gasteiger charge is -2.00. The Balaban J connectivity index is 1.88. The monoisotopic (exact) mass is 244 g/mol. The number of H-pyrrole nitrogens is 1. The Morgan fingerprint density at radius 3 is 3.06 bits per heavy atom. The molecule has 1 aliphatic rings. The molecule has 18 heavy (non-hydrogen) atoms. The maximum atomic E-state index is 11.6. The van der Waals surface area contributed by atoms with Crippen molar-refractivity contribution < 1.29 is 9.53 Å². The zero-order chi connectivity index (χ0) is 12.5. The Bertz CT molecular complexity index is 584. The first kappa shape index (κ1) is 11.3. The molecule has 0 spiro atoms. The summed E-state index contributed by atoms with van der Waals surface area (Å²) in [5.41, 5.74) is 2.40. The predicted octanol–water partition coefficient (Wildman–Crippen LogP) is 2.69. The van der Waals surface area contributed by atoms with E-state index in [0.29, 0.717) is 12.2 Å². The predicted molar refractivity (Wildman–Crippen MR) is 68.5 cm³/mol. The second-order valence-electron chi connectivity index (χ2n) is 4.78. The van der Waals surface area contributed by atoms with Crippen molar-refractivity contribution in [3.05, 3.63) is 29.6 Å². The molecule has 1 fully saturated rings. The quantitative estimate of drug-likeness (QED) is 0.841. The summed E-state index contributed by atoms with van der Waals surface area (Å²) < 4.78 is 4.98. The number of esters is 1. The van der Waals surface area contributed by atoms with Crippen LogP contribution in [0, 0.1) is 5.92 Å². The lowest BCUT2D eigenvalue weighted by Crippen LogP contribution is -2.04. The van der Waals surface area contributed by atoms with Crippen LogP contribution >= 0.6 is 0 Å². The number of benzene rings is 1. The van der Waals surface area contributed by atoms with Crippen molar-refractivity contribution >= 4 is 17.0 Å². The standard InChI is InChI=1S/C14H16N2O2/c1-2-18-14(17)10-5-6-11-12(8-10)16-13(15-11)7-9-3-4-9/h5-6,8-9H,2-4,7H2,1H3,(H,15,16). The Morgan fingerprint density at radius 2 is 2.33 bits per heavy atom. The lowest BCUT2D eigenvalue weighted by molar-refractivity contribution is 0.0526. The Labute approximate surface area is 105 Å². The van der Waals surface area contributed by atoms with Crippen molar-refractivity contribution in [3.63, 3.8) is 0 Å². The highest BCUT2D eigenvalue weighted by molar-refractivity contribution is 5.93. The fourth-order valence-corrected chi connectivity index (χ4v) is 2.10. The van der Waals surface area contributed by atoms with E-state index in [0.717, 1.165) is 29.2 Å². The van der Waals surface area contributed by atoms with Crippen molar-refractivity contribution in [3.8, 4) is 0 Å². The van der Waals surface area contributed by atoms with Crippen LogP contribution in [0.25, 0.3) is 11.0 Å². The van der Waals surface area contributed by atoms with Gasteiger partial charge >= 0.3 is 5.97 Å². The fourth-order valence-electron chi connectivity index (χ4n) is 2.10. The van der Waals surface area contributed by atoms with Crippen LogP contribution in [0.15, 0.2) is 18.2 Å². The zero-order valence-electron chi connectivity index (χ0n) is 10.4. The van der Waals surface area contributed by atoms with Gasteiger partial charge in [-0.2, -0.15) is 0 Å². The van der Waals surface area contributed by atoms with E-state index in [2.05, 4.69) is 9.97 Å². The first-order valence-corrected chi connectivity index (χ1v) is 6.42. The van der Waals surface area contributed by atoms with Crippen molar-refractivity contribution in [2.24, 2.45) is 5.92 Å². The molecule has 4 heteroatoms. The van der Waals surface area contributed by atoms with E-state index < -0.39 is 0 Å². The first-order valence-electron chi connectivity index (χ1n) is 6.42. The van der Waals surface area contributed by atoms with E-state index in [4.69, 9.17) is 4.74 Å². The van der Waals surface area contributed by atoms with Gasteiger partial charge in [0.1, 0.15) is 5.82 Å². The highest BCUT2D eigenvalue weighted by Gasteiger charge is 2.23. The molecular formula is C14H16N2O2. The Morgan fingerprint density at radius 1 is 1.50 bits per heavy atom. The van der Waals surface area contributed by atoms with Crippen LogP contribution in [0.4, 0.5) is 0 Å². The molecule has 0 unspecified atom stereocenters. The summed E-state index contributed by atoms with van der Waals surface area (Å²) in [5.74, 6) is 1.54. The van der Waals surface area contributed by atoms with Crippen LogP contribution in [0.5, 0.6) is 0 Å². The molecule has 1 N–H and O–H groups in total. The summed E-state index contributed by atoms with van der Waals surface area (Å²) in [6, 6.07) is 5.45. The van der Waals surface area contributed by atoms with Gasteiger partial charge in [-0.15, -0.1) is 0 Å². The van der Waals surface area contributed by atoms with Gasteiger partial charge in [0.15, 0.2) is 0 Å². The maximum Gasteiger partial charge on any atom is 0.338 e. The number of rotatable bonds is 4. The van der Waals surface area contributed by atoms with E-state index in [1.165, 1.54) is 12.8 Å². The van der Waals surface area contributed by atoms with Crippen LogP contribution in [0.2, 0.25) is 0 Å². The number of imidazole rings is 1. The van der Waals surface area contributed by atoms with Gasteiger partial charge in [-0.25, -0.2) is 9.78 Å². The summed E-state index contributed by atoms with van der Waals surface area (Å²) in [6.07, 6.45) is 3.64. The van der Waals surface area contributed by atoms with E-state index >= 15 is 0 Å². The topological polar surface area (TPSA) is 55.0 Å². The van der Waals surface area contributed by atoms with Crippen LogP contribution in [0.1, 0.15) is 35.9 Å². The largest absolute Gasteiger partial charge is 0.462 e. The molecule has 1 aliphatic carbocycles. The third-order valence-corrected chi connectivity index (χ3v) is 3.22. The molecule has 2 aromatic rings. The Hall–Kier alpha value is -1.84. The highest BCUT2D eigenvalue weighted by Crippen LogP contribution is 2.32.